The first-order chi connectivity index (χ1) is 8.69. The number of carbonyl (C=O) groups excluding carboxylic acids is 1. The molecule has 0 radical (unpaired) electrons. The highest BCUT2D eigenvalue weighted by molar-refractivity contribution is 5.83. The minimum atomic E-state index is 0.236. The fraction of sp³-hybridized carbons (Fsp3) is 0.500. The van der Waals surface area contributed by atoms with Gasteiger partial charge in [0.15, 0.2) is 5.78 Å². The molecule has 4 heteroatoms. The summed E-state index contributed by atoms with van der Waals surface area (Å²) in [5.41, 5.74) is 7.26. The summed E-state index contributed by atoms with van der Waals surface area (Å²) in [5, 5.41) is 0. The number of ketones is 1. The lowest BCUT2D eigenvalue weighted by Crippen LogP contribution is -2.27. The molecule has 4 nitrogen and oxygen atoms in total. The number of carbonyl (C=O) groups is 1. The molecule has 1 heterocycles. The summed E-state index contributed by atoms with van der Waals surface area (Å²) in [6.07, 6.45) is 2.83. The number of hydrogen-bond acceptors (Lipinski definition) is 4. The molecule has 1 aliphatic heterocycles. The van der Waals surface area contributed by atoms with Gasteiger partial charge in [0.25, 0.3) is 0 Å². The van der Waals surface area contributed by atoms with Gasteiger partial charge in [-0.2, -0.15) is 0 Å². The van der Waals surface area contributed by atoms with Gasteiger partial charge in [0.1, 0.15) is 5.75 Å². The Morgan fingerprint density at radius 1 is 1.39 bits per heavy atom. The van der Waals surface area contributed by atoms with Crippen LogP contribution in [0.1, 0.15) is 18.4 Å². The summed E-state index contributed by atoms with van der Waals surface area (Å²) >= 11 is 0. The molecule has 2 rings (SSSR count). The number of likely N-dealkylation sites (tertiary alicyclic amines) is 1. The van der Waals surface area contributed by atoms with Crippen molar-refractivity contribution in [3.63, 3.8) is 0 Å². The minimum Gasteiger partial charge on any atom is -0.496 e. The molecule has 1 aliphatic rings. The number of hydrogen-bond donors (Lipinski definition) is 1. The first-order valence-electron chi connectivity index (χ1n) is 6.35. The molecule has 0 bridgehead atoms. The Labute approximate surface area is 108 Å². The summed E-state index contributed by atoms with van der Waals surface area (Å²) < 4.78 is 5.25. The molecule has 0 aliphatic carbocycles. The number of nitrogens with two attached hydrogens (primary N) is 1. The van der Waals surface area contributed by atoms with Crippen LogP contribution in [0.3, 0.4) is 0 Å². The van der Waals surface area contributed by atoms with Crippen LogP contribution in [-0.2, 0) is 11.2 Å². The van der Waals surface area contributed by atoms with Crippen LogP contribution < -0.4 is 10.5 Å². The summed E-state index contributed by atoms with van der Waals surface area (Å²) in [6.45, 7) is 2.64. The third kappa shape index (κ3) is 3.23. The zero-order valence-corrected chi connectivity index (χ0v) is 10.8. The Hall–Kier alpha value is -1.55. The van der Waals surface area contributed by atoms with Gasteiger partial charge >= 0.3 is 0 Å². The van der Waals surface area contributed by atoms with Crippen molar-refractivity contribution >= 4 is 11.5 Å². The average Bonchev–Trinajstić information content (AvgIpc) is 2.84. The van der Waals surface area contributed by atoms with Crippen LogP contribution in [0.15, 0.2) is 18.2 Å². The average molecular weight is 248 g/mol. The summed E-state index contributed by atoms with van der Waals surface area (Å²) in [6, 6.07) is 5.44. The second-order valence-corrected chi connectivity index (χ2v) is 4.77. The topological polar surface area (TPSA) is 55.6 Å². The first-order valence-corrected chi connectivity index (χ1v) is 6.35. The van der Waals surface area contributed by atoms with E-state index in [-0.39, 0.29) is 5.78 Å². The number of methoxy groups -OCH3 is 1. The van der Waals surface area contributed by atoms with E-state index in [1.54, 1.807) is 19.2 Å². The lowest BCUT2D eigenvalue weighted by molar-refractivity contribution is -0.119. The number of nitrogen functional groups attached to an aromatic ring is 1. The summed E-state index contributed by atoms with van der Waals surface area (Å²) in [5.74, 6) is 0.935. The van der Waals surface area contributed by atoms with Crippen LogP contribution in [0, 0.1) is 0 Å². The maximum atomic E-state index is 12.0. The molecule has 0 spiro atoms. The van der Waals surface area contributed by atoms with E-state index < -0.39 is 0 Å². The zero-order chi connectivity index (χ0) is 13.0. The van der Waals surface area contributed by atoms with Crippen molar-refractivity contribution in [2.45, 2.75) is 19.3 Å². The maximum Gasteiger partial charge on any atom is 0.151 e. The molecule has 1 saturated heterocycles. The highest BCUT2D eigenvalue weighted by atomic mass is 16.5. The standard InChI is InChI=1S/C14H20N2O2/c1-18-14-9-12(15)5-4-11(14)8-13(17)10-16-6-2-3-7-16/h4-5,9H,2-3,6-8,10,15H2,1H3. The maximum absolute atomic E-state index is 12.0. The largest absolute Gasteiger partial charge is 0.496 e. The van der Waals surface area contributed by atoms with Crippen molar-refractivity contribution in [1.82, 2.24) is 4.90 Å². The number of benzene rings is 1. The van der Waals surface area contributed by atoms with E-state index in [0.29, 0.717) is 24.4 Å². The highest BCUT2D eigenvalue weighted by Gasteiger charge is 2.16. The molecule has 0 amide bonds. The van der Waals surface area contributed by atoms with E-state index in [0.717, 1.165) is 18.7 Å². The number of Topliss-reactive ketones (excluding diaryl/α,β-unsaturated/α-hetero) is 1. The molecule has 2 N–H and O–H groups in total. The Morgan fingerprint density at radius 3 is 2.78 bits per heavy atom. The molecule has 1 aromatic rings. The summed E-state index contributed by atoms with van der Waals surface area (Å²) in [4.78, 5) is 14.2. The highest BCUT2D eigenvalue weighted by Crippen LogP contribution is 2.22. The third-order valence-corrected chi connectivity index (χ3v) is 3.30. The van der Waals surface area contributed by atoms with Crippen molar-refractivity contribution in [1.29, 1.82) is 0 Å². The fourth-order valence-corrected chi connectivity index (χ4v) is 2.37. The Bertz CT molecular complexity index is 426. The van der Waals surface area contributed by atoms with Gasteiger partial charge in [0.05, 0.1) is 13.7 Å². The van der Waals surface area contributed by atoms with Crippen molar-refractivity contribution in [2.24, 2.45) is 0 Å². The van der Waals surface area contributed by atoms with Crippen LogP contribution >= 0.6 is 0 Å². The van der Waals surface area contributed by atoms with Gasteiger partial charge in [-0.25, -0.2) is 0 Å². The quantitative estimate of drug-likeness (QED) is 0.802. The lowest BCUT2D eigenvalue weighted by Gasteiger charge is -2.14. The molecule has 0 unspecified atom stereocenters. The second kappa shape index (κ2) is 5.87. The van der Waals surface area contributed by atoms with Crippen molar-refractivity contribution in [2.75, 3.05) is 32.5 Å². The van der Waals surface area contributed by atoms with Gasteiger partial charge in [-0.05, 0) is 32.0 Å². The molecular formula is C14H20N2O2. The molecule has 98 valence electrons. The summed E-state index contributed by atoms with van der Waals surface area (Å²) in [7, 11) is 1.60. The Morgan fingerprint density at radius 2 is 2.11 bits per heavy atom. The SMILES string of the molecule is COc1cc(N)ccc1CC(=O)CN1CCCC1. The van der Waals surface area contributed by atoms with E-state index in [2.05, 4.69) is 4.90 Å². The predicted octanol–water partition coefficient (Wildman–Crippen LogP) is 1.48. The predicted molar refractivity (Wildman–Crippen MR) is 71.8 cm³/mol. The van der Waals surface area contributed by atoms with E-state index in [1.807, 2.05) is 6.07 Å². The number of nitrogens with zero attached hydrogens (tertiary/aromatic N) is 1. The number of rotatable bonds is 5. The first kappa shape index (κ1) is 12.9. The van der Waals surface area contributed by atoms with Crippen LogP contribution in [0.2, 0.25) is 0 Å². The molecule has 0 atom stereocenters. The Balaban J connectivity index is 1.97. The van der Waals surface area contributed by atoms with E-state index in [1.165, 1.54) is 12.8 Å². The second-order valence-electron chi connectivity index (χ2n) is 4.77. The molecule has 0 aromatic heterocycles. The van der Waals surface area contributed by atoms with Crippen LogP contribution in [-0.4, -0.2) is 37.4 Å². The number of ether oxygens (including phenoxy) is 1. The number of anilines is 1. The van der Waals surface area contributed by atoms with Gasteiger partial charge in [-0.3, -0.25) is 9.69 Å². The zero-order valence-electron chi connectivity index (χ0n) is 10.8. The normalized spacial score (nSPS) is 15.8. The van der Waals surface area contributed by atoms with Crippen LogP contribution in [0.25, 0.3) is 0 Å². The van der Waals surface area contributed by atoms with Gasteiger partial charge in [0.2, 0.25) is 0 Å². The van der Waals surface area contributed by atoms with Crippen molar-refractivity contribution < 1.29 is 9.53 Å². The van der Waals surface area contributed by atoms with Gasteiger partial charge in [-0.1, -0.05) is 6.07 Å². The fourth-order valence-electron chi connectivity index (χ4n) is 2.37. The molecular weight excluding hydrogens is 228 g/mol. The monoisotopic (exact) mass is 248 g/mol. The molecule has 18 heavy (non-hydrogen) atoms. The lowest BCUT2D eigenvalue weighted by atomic mass is 10.1. The van der Waals surface area contributed by atoms with Gasteiger partial charge in [-0.15, -0.1) is 0 Å². The molecule has 1 aromatic carbocycles. The Kier molecular flexibility index (Phi) is 4.20. The smallest absolute Gasteiger partial charge is 0.151 e. The van der Waals surface area contributed by atoms with Gasteiger partial charge < -0.3 is 10.5 Å². The molecule has 1 fully saturated rings. The van der Waals surface area contributed by atoms with Gasteiger partial charge in [0, 0.05) is 23.7 Å². The van der Waals surface area contributed by atoms with E-state index in [9.17, 15) is 4.79 Å². The van der Waals surface area contributed by atoms with Crippen LogP contribution in [0.4, 0.5) is 5.69 Å². The van der Waals surface area contributed by atoms with Crippen molar-refractivity contribution in [3.8, 4) is 5.75 Å². The minimum absolute atomic E-state index is 0.236. The van der Waals surface area contributed by atoms with E-state index >= 15 is 0 Å². The molecule has 0 saturated carbocycles. The van der Waals surface area contributed by atoms with Crippen molar-refractivity contribution in [3.05, 3.63) is 23.8 Å². The van der Waals surface area contributed by atoms with Crippen LogP contribution in [0.5, 0.6) is 5.75 Å². The third-order valence-electron chi connectivity index (χ3n) is 3.30. The van der Waals surface area contributed by atoms with E-state index in [4.69, 9.17) is 10.5 Å².